The van der Waals surface area contributed by atoms with E-state index in [4.69, 9.17) is 0 Å². The highest BCUT2D eigenvalue weighted by molar-refractivity contribution is 4.48. The summed E-state index contributed by atoms with van der Waals surface area (Å²) in [7, 11) is 0. The Morgan fingerprint density at radius 1 is 0.185 bits per heavy atom. The van der Waals surface area contributed by atoms with Crippen molar-refractivity contribution in [3.05, 3.63) is 0 Å². The van der Waals surface area contributed by atoms with E-state index in [9.17, 15) is 0 Å². The summed E-state index contributed by atoms with van der Waals surface area (Å²) in [6.07, 6.45) is 33.4. The zero-order chi connectivity index (χ0) is 20.3. The predicted molar refractivity (Wildman–Crippen MR) is 129 cm³/mol. The van der Waals surface area contributed by atoms with E-state index >= 15 is 0 Å². The van der Waals surface area contributed by atoms with E-state index < -0.39 is 0 Å². The second kappa shape index (κ2) is 30.7. The maximum atomic E-state index is 2.29. The van der Waals surface area contributed by atoms with Gasteiger partial charge in [0, 0.05) is 0 Å². The average molecular weight is 383 g/mol. The summed E-state index contributed by atoms with van der Waals surface area (Å²) < 4.78 is 0. The van der Waals surface area contributed by atoms with Crippen molar-refractivity contribution < 1.29 is 0 Å². The zero-order valence-electron chi connectivity index (χ0n) is 20.3. The van der Waals surface area contributed by atoms with E-state index in [0.29, 0.717) is 0 Å². The standard InChI is InChI=1S/C14H30.C13H28/c1-3-5-7-9-11-13-14-12-10-8-6-4-2;1-3-5-7-9-11-13-12-10-8-6-4-2/h3-14H2,1-2H3;3-13H2,1-2H3. The number of rotatable bonds is 21. The van der Waals surface area contributed by atoms with Crippen LogP contribution in [0.1, 0.15) is 175 Å². The van der Waals surface area contributed by atoms with E-state index in [2.05, 4.69) is 27.7 Å². The molecule has 27 heavy (non-hydrogen) atoms. The Morgan fingerprint density at radius 2 is 0.296 bits per heavy atom. The molecule has 0 saturated carbocycles. The van der Waals surface area contributed by atoms with Crippen molar-refractivity contribution in [2.24, 2.45) is 0 Å². The molecule has 0 N–H and O–H groups in total. The third kappa shape index (κ3) is 34.0. The molecular formula is C27H58. The summed E-state index contributed by atoms with van der Waals surface area (Å²) in [5.41, 5.74) is 0. The van der Waals surface area contributed by atoms with Gasteiger partial charge in [-0.05, 0) is 0 Å². The molecule has 0 amide bonds. The molecule has 0 bridgehead atoms. The van der Waals surface area contributed by atoms with Gasteiger partial charge in [-0.1, -0.05) is 175 Å². The van der Waals surface area contributed by atoms with Crippen LogP contribution in [0.3, 0.4) is 0 Å². The van der Waals surface area contributed by atoms with Crippen molar-refractivity contribution in [3.63, 3.8) is 0 Å². The first-order chi connectivity index (χ1) is 13.3. The topological polar surface area (TPSA) is 0 Å². The van der Waals surface area contributed by atoms with Crippen LogP contribution >= 0.6 is 0 Å². The fourth-order valence-electron chi connectivity index (χ4n) is 3.65. The van der Waals surface area contributed by atoms with Crippen LogP contribution in [0.4, 0.5) is 0 Å². The second-order valence-corrected chi connectivity index (χ2v) is 8.72. The minimum absolute atomic E-state index is 1.37. The van der Waals surface area contributed by atoms with Crippen molar-refractivity contribution in [3.8, 4) is 0 Å². The maximum Gasteiger partial charge on any atom is -0.0533 e. The molecular weight excluding hydrogens is 324 g/mol. The zero-order valence-corrected chi connectivity index (χ0v) is 20.3. The highest BCUT2D eigenvalue weighted by Gasteiger charge is 1.92. The van der Waals surface area contributed by atoms with Gasteiger partial charge in [0.2, 0.25) is 0 Å². The SMILES string of the molecule is CCCCCCCCCCCCC.CCCCCCCCCCCCCC. The Kier molecular flexibility index (Phi) is 33.2. The van der Waals surface area contributed by atoms with Crippen LogP contribution in [0.25, 0.3) is 0 Å². The number of unbranched alkanes of at least 4 members (excludes halogenated alkanes) is 21. The van der Waals surface area contributed by atoms with Gasteiger partial charge in [-0.3, -0.25) is 0 Å². The molecule has 0 aromatic heterocycles. The Bertz CT molecular complexity index is 186. The Labute approximate surface area is 175 Å². The van der Waals surface area contributed by atoms with Gasteiger partial charge in [0.25, 0.3) is 0 Å². The van der Waals surface area contributed by atoms with Gasteiger partial charge in [-0.25, -0.2) is 0 Å². The summed E-state index contributed by atoms with van der Waals surface area (Å²) >= 11 is 0. The van der Waals surface area contributed by atoms with Gasteiger partial charge in [0.05, 0.1) is 0 Å². The molecule has 0 spiro atoms. The van der Waals surface area contributed by atoms with E-state index in [1.54, 1.807) is 0 Å². The summed E-state index contributed by atoms with van der Waals surface area (Å²) in [6, 6.07) is 0. The highest BCUT2D eigenvalue weighted by Crippen LogP contribution is 2.12. The normalized spacial score (nSPS) is 10.7. The Hall–Kier alpha value is 0. The van der Waals surface area contributed by atoms with Gasteiger partial charge >= 0.3 is 0 Å². The first kappa shape index (κ1) is 29.2. The predicted octanol–water partition coefficient (Wildman–Crippen LogP) is 11.0. The van der Waals surface area contributed by atoms with Crippen molar-refractivity contribution >= 4 is 0 Å². The van der Waals surface area contributed by atoms with Crippen molar-refractivity contribution in [1.29, 1.82) is 0 Å². The fourth-order valence-corrected chi connectivity index (χ4v) is 3.65. The second-order valence-electron chi connectivity index (χ2n) is 8.72. The molecule has 0 heterocycles. The molecule has 0 rings (SSSR count). The lowest BCUT2D eigenvalue weighted by Crippen LogP contribution is -1.81. The molecule has 0 atom stereocenters. The highest BCUT2D eigenvalue weighted by atomic mass is 14.0. The average Bonchev–Trinajstić information content (AvgIpc) is 2.69. The van der Waals surface area contributed by atoms with Crippen LogP contribution in [0, 0.1) is 0 Å². The van der Waals surface area contributed by atoms with Crippen LogP contribution in [-0.4, -0.2) is 0 Å². The Morgan fingerprint density at radius 3 is 0.407 bits per heavy atom. The largest absolute Gasteiger partial charge is 0.0654 e. The van der Waals surface area contributed by atoms with Crippen molar-refractivity contribution in [2.75, 3.05) is 0 Å². The minimum Gasteiger partial charge on any atom is -0.0654 e. The molecule has 0 radical (unpaired) electrons. The van der Waals surface area contributed by atoms with Crippen LogP contribution in [0.15, 0.2) is 0 Å². The van der Waals surface area contributed by atoms with Crippen LogP contribution in [0.5, 0.6) is 0 Å². The lowest BCUT2D eigenvalue weighted by Gasteiger charge is -2.01. The van der Waals surface area contributed by atoms with Gasteiger partial charge < -0.3 is 0 Å². The number of hydrogen-bond acceptors (Lipinski definition) is 0. The van der Waals surface area contributed by atoms with Gasteiger partial charge in [0.1, 0.15) is 0 Å². The van der Waals surface area contributed by atoms with Gasteiger partial charge in [-0.15, -0.1) is 0 Å². The summed E-state index contributed by atoms with van der Waals surface area (Å²) in [6.45, 7) is 9.14. The van der Waals surface area contributed by atoms with Crippen molar-refractivity contribution in [2.45, 2.75) is 175 Å². The summed E-state index contributed by atoms with van der Waals surface area (Å²) in [5.74, 6) is 0. The maximum absolute atomic E-state index is 2.29. The van der Waals surface area contributed by atoms with Crippen LogP contribution < -0.4 is 0 Å². The van der Waals surface area contributed by atoms with Gasteiger partial charge in [0.15, 0.2) is 0 Å². The third-order valence-electron chi connectivity index (χ3n) is 5.66. The quantitative estimate of drug-likeness (QED) is 0.173. The van der Waals surface area contributed by atoms with E-state index in [1.807, 2.05) is 0 Å². The minimum atomic E-state index is 1.37. The van der Waals surface area contributed by atoms with E-state index in [1.165, 1.54) is 148 Å². The molecule has 0 aliphatic rings. The molecule has 0 nitrogen and oxygen atoms in total. The summed E-state index contributed by atoms with van der Waals surface area (Å²) in [4.78, 5) is 0. The monoisotopic (exact) mass is 382 g/mol. The smallest absolute Gasteiger partial charge is 0.0533 e. The lowest BCUT2D eigenvalue weighted by atomic mass is 10.1. The molecule has 166 valence electrons. The van der Waals surface area contributed by atoms with E-state index in [0.717, 1.165) is 0 Å². The summed E-state index contributed by atoms with van der Waals surface area (Å²) in [5, 5.41) is 0. The first-order valence-electron chi connectivity index (χ1n) is 13.3. The molecule has 0 unspecified atom stereocenters. The van der Waals surface area contributed by atoms with Crippen molar-refractivity contribution in [1.82, 2.24) is 0 Å². The molecule has 0 saturated heterocycles. The lowest BCUT2D eigenvalue weighted by molar-refractivity contribution is 0.548. The number of hydrogen-bond donors (Lipinski definition) is 0. The molecule has 0 aromatic rings. The molecule has 0 heteroatoms. The third-order valence-corrected chi connectivity index (χ3v) is 5.66. The van der Waals surface area contributed by atoms with Crippen LogP contribution in [-0.2, 0) is 0 Å². The fraction of sp³-hybridized carbons (Fsp3) is 1.00. The van der Waals surface area contributed by atoms with E-state index in [-0.39, 0.29) is 0 Å². The molecule has 0 fully saturated rings. The van der Waals surface area contributed by atoms with Gasteiger partial charge in [-0.2, -0.15) is 0 Å². The molecule has 0 aromatic carbocycles. The van der Waals surface area contributed by atoms with Crippen LogP contribution in [0.2, 0.25) is 0 Å². The molecule has 0 aliphatic carbocycles. The first-order valence-corrected chi connectivity index (χ1v) is 13.3. The Balaban J connectivity index is 0. The molecule has 0 aliphatic heterocycles.